The molecule has 1 fully saturated rings. The van der Waals surface area contributed by atoms with E-state index in [-0.39, 0.29) is 36.0 Å². The van der Waals surface area contributed by atoms with E-state index < -0.39 is 10.0 Å². The Morgan fingerprint density at radius 1 is 1.03 bits per heavy atom. The monoisotopic (exact) mass is 492 g/mol. The van der Waals surface area contributed by atoms with Crippen LogP contribution >= 0.6 is 0 Å². The molecule has 35 heavy (non-hydrogen) atoms. The van der Waals surface area contributed by atoms with Crippen LogP contribution in [0.5, 0.6) is 0 Å². The van der Waals surface area contributed by atoms with E-state index in [1.807, 2.05) is 53.3 Å². The lowest BCUT2D eigenvalue weighted by Crippen LogP contribution is -2.52. The average molecular weight is 493 g/mol. The van der Waals surface area contributed by atoms with E-state index in [9.17, 15) is 18.5 Å². The van der Waals surface area contributed by atoms with Gasteiger partial charge in [-0.05, 0) is 24.7 Å². The first-order valence-electron chi connectivity index (χ1n) is 11.4. The molecule has 1 aliphatic heterocycles. The van der Waals surface area contributed by atoms with Crippen molar-refractivity contribution in [2.75, 3.05) is 39.8 Å². The maximum Gasteiger partial charge on any atom is 0.244 e. The number of likely N-dealkylation sites (N-methyl/N-ethyl adjacent to an activating group) is 1. The van der Waals surface area contributed by atoms with Crippen LogP contribution in [0.1, 0.15) is 16.7 Å². The van der Waals surface area contributed by atoms with Crippen molar-refractivity contribution in [1.29, 1.82) is 5.26 Å². The Hall–Kier alpha value is -3.52. The Balaban J connectivity index is 1.28. The molecule has 0 aliphatic carbocycles. The standard InChI is InChI=1S/C25H28N6O3S/c1-28(17-22-16-27-30(19-22)18-21-7-3-2-4-8-21)20-25(32)29-11-13-31(14-12-29)35(33,34)24-10-6-5-9-23(24)15-26/h2-10,16,19H,11-14,17-18,20H2,1H3. The lowest BCUT2D eigenvalue weighted by Gasteiger charge is -2.34. The third-order valence-corrected chi connectivity index (χ3v) is 7.91. The molecule has 2 aromatic carbocycles. The summed E-state index contributed by atoms with van der Waals surface area (Å²) in [7, 11) is -1.90. The number of nitriles is 1. The summed E-state index contributed by atoms with van der Waals surface area (Å²) >= 11 is 0. The van der Waals surface area contributed by atoms with Gasteiger partial charge in [0.05, 0.1) is 29.7 Å². The maximum absolute atomic E-state index is 13.0. The van der Waals surface area contributed by atoms with Crippen molar-refractivity contribution in [2.24, 2.45) is 0 Å². The molecule has 1 aliphatic rings. The van der Waals surface area contributed by atoms with Gasteiger partial charge in [0.1, 0.15) is 6.07 Å². The van der Waals surface area contributed by atoms with Crippen LogP contribution in [-0.2, 0) is 27.9 Å². The second kappa shape index (κ2) is 10.8. The van der Waals surface area contributed by atoms with Gasteiger partial charge in [0.2, 0.25) is 15.9 Å². The van der Waals surface area contributed by atoms with Crippen LogP contribution in [0.25, 0.3) is 0 Å². The lowest BCUT2D eigenvalue weighted by molar-refractivity contribution is -0.133. The molecule has 0 saturated carbocycles. The third-order valence-electron chi connectivity index (χ3n) is 5.95. The molecule has 2 heterocycles. The second-order valence-electron chi connectivity index (χ2n) is 8.60. The highest BCUT2D eigenvalue weighted by molar-refractivity contribution is 7.89. The van der Waals surface area contributed by atoms with Crippen molar-refractivity contribution < 1.29 is 13.2 Å². The number of carbonyl (C=O) groups is 1. The summed E-state index contributed by atoms with van der Waals surface area (Å²) in [5.41, 5.74) is 2.31. The molecular weight excluding hydrogens is 464 g/mol. The molecule has 3 aromatic rings. The largest absolute Gasteiger partial charge is 0.339 e. The summed E-state index contributed by atoms with van der Waals surface area (Å²) in [6, 6.07) is 18.2. The zero-order valence-corrected chi connectivity index (χ0v) is 20.4. The van der Waals surface area contributed by atoms with Gasteiger partial charge >= 0.3 is 0 Å². The number of carbonyl (C=O) groups excluding carboxylic acids is 1. The summed E-state index contributed by atoms with van der Waals surface area (Å²) in [5.74, 6) is -0.0429. The highest BCUT2D eigenvalue weighted by Crippen LogP contribution is 2.21. The highest BCUT2D eigenvalue weighted by atomic mass is 32.2. The Morgan fingerprint density at radius 3 is 2.43 bits per heavy atom. The fraction of sp³-hybridized carbons (Fsp3) is 0.320. The topological polar surface area (TPSA) is 103 Å². The Kier molecular flexibility index (Phi) is 7.60. The normalized spacial score (nSPS) is 14.7. The van der Waals surface area contributed by atoms with Crippen molar-refractivity contribution in [2.45, 2.75) is 18.0 Å². The van der Waals surface area contributed by atoms with E-state index in [0.717, 1.165) is 5.56 Å². The van der Waals surface area contributed by atoms with E-state index in [0.29, 0.717) is 26.2 Å². The minimum absolute atomic E-state index is 0.00909. The van der Waals surface area contributed by atoms with E-state index >= 15 is 0 Å². The van der Waals surface area contributed by atoms with Crippen LogP contribution in [0.15, 0.2) is 71.9 Å². The maximum atomic E-state index is 13.0. The molecule has 1 aromatic heterocycles. The molecule has 0 unspecified atom stereocenters. The van der Waals surface area contributed by atoms with Crippen molar-refractivity contribution >= 4 is 15.9 Å². The van der Waals surface area contributed by atoms with E-state index in [4.69, 9.17) is 0 Å². The van der Waals surface area contributed by atoms with Gasteiger partial charge in [0.25, 0.3) is 0 Å². The molecule has 0 N–H and O–H groups in total. The molecule has 1 amide bonds. The molecule has 0 bridgehead atoms. The van der Waals surface area contributed by atoms with Gasteiger partial charge < -0.3 is 4.90 Å². The van der Waals surface area contributed by atoms with Crippen molar-refractivity contribution in [1.82, 2.24) is 23.9 Å². The first-order valence-corrected chi connectivity index (χ1v) is 12.8. The molecule has 1 saturated heterocycles. The number of hydrogen-bond donors (Lipinski definition) is 0. The number of rotatable bonds is 8. The minimum atomic E-state index is -3.78. The predicted octanol–water partition coefficient (Wildman–Crippen LogP) is 1.77. The van der Waals surface area contributed by atoms with Gasteiger partial charge in [-0.3, -0.25) is 14.4 Å². The third kappa shape index (κ3) is 5.95. The van der Waals surface area contributed by atoms with E-state index in [1.165, 1.54) is 22.0 Å². The van der Waals surface area contributed by atoms with Crippen molar-refractivity contribution in [3.8, 4) is 6.07 Å². The first-order chi connectivity index (χ1) is 16.9. The van der Waals surface area contributed by atoms with Gasteiger partial charge in [-0.15, -0.1) is 0 Å². The molecule has 0 radical (unpaired) electrons. The number of piperazine rings is 1. The smallest absolute Gasteiger partial charge is 0.244 e. The SMILES string of the molecule is CN(CC(=O)N1CCN(S(=O)(=O)c2ccccc2C#N)CC1)Cc1cnn(Cc2ccccc2)c1. The summed E-state index contributed by atoms with van der Waals surface area (Å²) in [6.07, 6.45) is 3.79. The van der Waals surface area contributed by atoms with Gasteiger partial charge in [-0.2, -0.15) is 14.7 Å². The molecule has 0 spiro atoms. The van der Waals surface area contributed by atoms with E-state index in [2.05, 4.69) is 17.2 Å². The van der Waals surface area contributed by atoms with Gasteiger partial charge in [0.15, 0.2) is 0 Å². The number of sulfonamides is 1. The quantitative estimate of drug-likeness (QED) is 0.475. The Bertz CT molecular complexity index is 1310. The van der Waals surface area contributed by atoms with Gasteiger partial charge in [0, 0.05) is 44.5 Å². The Morgan fingerprint density at radius 2 is 1.71 bits per heavy atom. The van der Waals surface area contributed by atoms with Crippen LogP contribution in [0.4, 0.5) is 0 Å². The highest BCUT2D eigenvalue weighted by Gasteiger charge is 2.31. The number of nitrogens with zero attached hydrogens (tertiary/aromatic N) is 6. The second-order valence-corrected chi connectivity index (χ2v) is 10.5. The van der Waals surface area contributed by atoms with Crippen LogP contribution < -0.4 is 0 Å². The van der Waals surface area contributed by atoms with Crippen LogP contribution in [-0.4, -0.2) is 78.0 Å². The fourth-order valence-corrected chi connectivity index (χ4v) is 5.71. The lowest BCUT2D eigenvalue weighted by atomic mass is 10.2. The Labute approximate surface area is 205 Å². The fourth-order valence-electron chi connectivity index (χ4n) is 4.14. The van der Waals surface area contributed by atoms with Gasteiger partial charge in [-0.25, -0.2) is 8.42 Å². The summed E-state index contributed by atoms with van der Waals surface area (Å²) < 4.78 is 29.2. The molecule has 10 heteroatoms. The van der Waals surface area contributed by atoms with Crippen molar-refractivity contribution in [3.05, 3.63) is 83.7 Å². The average Bonchev–Trinajstić information content (AvgIpc) is 3.30. The van der Waals surface area contributed by atoms with Gasteiger partial charge in [-0.1, -0.05) is 42.5 Å². The van der Waals surface area contributed by atoms with E-state index in [1.54, 1.807) is 17.0 Å². The van der Waals surface area contributed by atoms with Crippen LogP contribution in [0, 0.1) is 11.3 Å². The molecule has 182 valence electrons. The molecule has 4 rings (SSSR count). The summed E-state index contributed by atoms with van der Waals surface area (Å²) in [6.45, 7) is 2.53. The summed E-state index contributed by atoms with van der Waals surface area (Å²) in [5, 5.41) is 13.7. The molecule has 9 nitrogen and oxygen atoms in total. The summed E-state index contributed by atoms with van der Waals surface area (Å²) in [4.78, 5) is 16.5. The zero-order valence-electron chi connectivity index (χ0n) is 19.6. The van der Waals surface area contributed by atoms with Crippen molar-refractivity contribution in [3.63, 3.8) is 0 Å². The zero-order chi connectivity index (χ0) is 24.8. The predicted molar refractivity (Wildman–Crippen MR) is 131 cm³/mol. The number of benzene rings is 2. The van der Waals surface area contributed by atoms with Crippen LogP contribution in [0.2, 0.25) is 0 Å². The first kappa shape index (κ1) is 24.6. The molecule has 0 atom stereocenters. The number of amides is 1. The minimum Gasteiger partial charge on any atom is -0.339 e. The number of hydrogen-bond acceptors (Lipinski definition) is 6. The van der Waals surface area contributed by atoms with Crippen LogP contribution in [0.3, 0.4) is 0 Å². The number of aromatic nitrogens is 2. The molecular formula is C25H28N6O3S.